The zero-order chi connectivity index (χ0) is 21.4. The van der Waals surface area contributed by atoms with Crippen molar-refractivity contribution in [2.24, 2.45) is 5.16 Å². The van der Waals surface area contributed by atoms with Crippen LogP contribution >= 0.6 is 23.1 Å². The van der Waals surface area contributed by atoms with Crippen molar-refractivity contribution in [1.29, 1.82) is 0 Å². The van der Waals surface area contributed by atoms with Crippen LogP contribution in [0.2, 0.25) is 0 Å². The van der Waals surface area contributed by atoms with Gasteiger partial charge in [0.15, 0.2) is 10.8 Å². The Kier molecular flexibility index (Phi) is 5.66. The second kappa shape index (κ2) is 8.24. The van der Waals surface area contributed by atoms with E-state index in [1.807, 2.05) is 0 Å². The molecule has 0 bridgehead atoms. The fraction of sp³-hybridized carbons (Fsp3) is 0.471. The molecule has 160 valence electrons. The number of hydrogen-bond acceptors (Lipinski definition) is 10. The number of aliphatic carboxylic acids is 1. The van der Waals surface area contributed by atoms with Crippen LogP contribution in [0.4, 0.5) is 5.13 Å². The van der Waals surface area contributed by atoms with E-state index in [2.05, 4.69) is 15.5 Å². The highest BCUT2D eigenvalue weighted by Gasteiger charge is 2.55. The lowest BCUT2D eigenvalue weighted by Crippen LogP contribution is -2.71. The number of carboxylic acids is 1. The average Bonchev–Trinajstić information content (AvgIpc) is 3.40. The lowest BCUT2D eigenvalue weighted by molar-refractivity contribution is -0.150. The molecule has 1 aromatic rings. The molecule has 4 N–H and O–H groups in total. The van der Waals surface area contributed by atoms with Crippen molar-refractivity contribution in [3.8, 4) is 0 Å². The molecule has 0 aliphatic carbocycles. The first kappa shape index (κ1) is 20.6. The normalized spacial score (nSPS) is 26.3. The van der Waals surface area contributed by atoms with Crippen molar-refractivity contribution < 1.29 is 29.1 Å². The summed E-state index contributed by atoms with van der Waals surface area (Å²) in [4.78, 5) is 47.4. The first-order valence-electron chi connectivity index (χ1n) is 9.08. The number of thioether (sulfide) groups is 1. The minimum Gasteiger partial charge on any atom is -0.477 e. The third-order valence-electron chi connectivity index (χ3n) is 4.97. The molecule has 2 amide bonds. The van der Waals surface area contributed by atoms with Crippen LogP contribution in [0.25, 0.3) is 0 Å². The molecule has 3 aliphatic heterocycles. The van der Waals surface area contributed by atoms with Crippen LogP contribution in [-0.2, 0) is 24.0 Å². The van der Waals surface area contributed by atoms with Crippen molar-refractivity contribution >= 4 is 51.7 Å². The molecular weight excluding hydrogens is 434 g/mol. The van der Waals surface area contributed by atoms with Gasteiger partial charge in [0.1, 0.15) is 29.9 Å². The molecule has 30 heavy (non-hydrogen) atoms. The summed E-state index contributed by atoms with van der Waals surface area (Å²) in [5, 5.41) is 17.3. The number of β-lactam (4-membered cyclic amide) rings is 1. The van der Waals surface area contributed by atoms with E-state index in [1.54, 1.807) is 5.38 Å². The van der Waals surface area contributed by atoms with E-state index in [-0.39, 0.29) is 28.3 Å². The zero-order valence-corrected chi connectivity index (χ0v) is 17.5. The molecule has 0 saturated carbocycles. The predicted octanol–water partition coefficient (Wildman–Crippen LogP) is -0.00660. The van der Waals surface area contributed by atoms with Crippen molar-refractivity contribution in [2.45, 2.75) is 30.4 Å². The Morgan fingerprint density at radius 3 is 2.90 bits per heavy atom. The fourth-order valence-electron chi connectivity index (χ4n) is 3.64. The number of nitrogens with two attached hydrogens (primary N) is 1. The van der Waals surface area contributed by atoms with Gasteiger partial charge in [0, 0.05) is 17.7 Å². The van der Waals surface area contributed by atoms with Crippen LogP contribution in [0.5, 0.6) is 0 Å². The maximum atomic E-state index is 12.8. The van der Waals surface area contributed by atoms with Crippen LogP contribution in [0.1, 0.15) is 18.5 Å². The topological polar surface area (TPSA) is 156 Å². The van der Waals surface area contributed by atoms with Gasteiger partial charge in [0.05, 0.1) is 6.10 Å². The number of carboxylic acid groups (broad SMARTS) is 1. The number of aromatic nitrogens is 1. The Balaban J connectivity index is 1.53. The number of carbonyl (C=O) groups is 3. The van der Waals surface area contributed by atoms with Crippen LogP contribution < -0.4 is 11.1 Å². The standard InChI is InChI=1S/C17H19N5O6S2/c1-27-21-10(8-6-30-17(18)19-8)13(23)20-11-14(24)22-12(16(25)26)7(5-29-15(11)22)9-3-2-4-28-9/h6,9,11,15H,2-5H2,1H3,(H2,18,19)(H,20,23)(H,25,26)/b21-10-/t9-,11-,15-/m1/s1. The molecule has 1 aromatic heterocycles. The quantitative estimate of drug-likeness (QED) is 0.306. The molecule has 2 fully saturated rings. The van der Waals surface area contributed by atoms with Gasteiger partial charge in [-0.3, -0.25) is 14.5 Å². The van der Waals surface area contributed by atoms with E-state index >= 15 is 0 Å². The molecule has 11 nitrogen and oxygen atoms in total. The second-order valence-corrected chi connectivity index (χ2v) is 8.73. The SMILES string of the molecule is CO/N=C(\C(=O)N[C@@H]1C(=O)N2C(C(=O)O)=C([C@H]3CCCO3)CS[C@H]12)c1csc(N)n1. The van der Waals surface area contributed by atoms with Gasteiger partial charge in [-0.2, -0.15) is 0 Å². The molecule has 4 heterocycles. The van der Waals surface area contributed by atoms with Gasteiger partial charge in [-0.05, 0) is 18.4 Å². The van der Waals surface area contributed by atoms with Gasteiger partial charge < -0.3 is 25.7 Å². The summed E-state index contributed by atoms with van der Waals surface area (Å²) in [7, 11) is 1.28. The van der Waals surface area contributed by atoms with E-state index in [0.717, 1.165) is 24.2 Å². The number of ether oxygens (including phenoxy) is 1. The van der Waals surface area contributed by atoms with Crippen molar-refractivity contribution in [2.75, 3.05) is 25.2 Å². The maximum absolute atomic E-state index is 12.8. The summed E-state index contributed by atoms with van der Waals surface area (Å²) in [5.74, 6) is -1.92. The Morgan fingerprint density at radius 1 is 1.50 bits per heavy atom. The second-order valence-electron chi connectivity index (χ2n) is 6.74. The number of nitrogens with one attached hydrogen (secondary N) is 1. The highest BCUT2D eigenvalue weighted by atomic mass is 32.2. The van der Waals surface area contributed by atoms with Gasteiger partial charge in [-0.25, -0.2) is 9.78 Å². The van der Waals surface area contributed by atoms with Crippen LogP contribution in [0.15, 0.2) is 21.8 Å². The first-order chi connectivity index (χ1) is 14.4. The summed E-state index contributed by atoms with van der Waals surface area (Å²) in [6.45, 7) is 0.574. The molecule has 0 spiro atoms. The Bertz CT molecular complexity index is 954. The lowest BCUT2D eigenvalue weighted by Gasteiger charge is -2.49. The molecule has 0 unspecified atom stereocenters. The van der Waals surface area contributed by atoms with Crippen molar-refractivity contribution in [1.82, 2.24) is 15.2 Å². The third kappa shape index (κ3) is 3.52. The Morgan fingerprint density at radius 2 is 2.30 bits per heavy atom. The minimum atomic E-state index is -1.18. The Labute approximate surface area is 179 Å². The summed E-state index contributed by atoms with van der Waals surface area (Å²) in [6.07, 6.45) is 1.29. The molecule has 13 heteroatoms. The van der Waals surface area contributed by atoms with Crippen LogP contribution in [0, 0.1) is 0 Å². The van der Waals surface area contributed by atoms with Crippen LogP contribution in [0.3, 0.4) is 0 Å². The number of nitrogens with zero attached hydrogens (tertiary/aromatic N) is 3. The largest absolute Gasteiger partial charge is 0.477 e. The highest BCUT2D eigenvalue weighted by Crippen LogP contribution is 2.42. The molecule has 3 aliphatic rings. The summed E-state index contributed by atoms with van der Waals surface area (Å²) >= 11 is 2.53. The monoisotopic (exact) mass is 453 g/mol. The molecule has 0 aromatic carbocycles. The number of hydrogen-bond donors (Lipinski definition) is 3. The zero-order valence-electron chi connectivity index (χ0n) is 15.9. The summed E-state index contributed by atoms with van der Waals surface area (Å²) in [5.41, 5.74) is 6.29. The fourth-order valence-corrected chi connectivity index (χ4v) is 5.60. The van der Waals surface area contributed by atoms with Crippen LogP contribution in [-0.4, -0.2) is 75.5 Å². The lowest BCUT2D eigenvalue weighted by atomic mass is 9.99. The van der Waals surface area contributed by atoms with Gasteiger partial charge in [0.2, 0.25) is 0 Å². The molecule has 3 atom stereocenters. The molecule has 4 rings (SSSR count). The number of anilines is 1. The first-order valence-corrected chi connectivity index (χ1v) is 11.0. The van der Waals surface area contributed by atoms with E-state index in [1.165, 1.54) is 23.8 Å². The van der Waals surface area contributed by atoms with E-state index in [9.17, 15) is 19.5 Å². The Hall–Kier alpha value is -2.64. The number of thiazole rings is 1. The van der Waals surface area contributed by atoms with E-state index in [4.69, 9.17) is 15.3 Å². The van der Waals surface area contributed by atoms with Gasteiger partial charge in [0.25, 0.3) is 11.8 Å². The van der Waals surface area contributed by atoms with Gasteiger partial charge in [-0.1, -0.05) is 5.16 Å². The van der Waals surface area contributed by atoms with Crippen molar-refractivity contribution in [3.63, 3.8) is 0 Å². The highest BCUT2D eigenvalue weighted by molar-refractivity contribution is 8.00. The smallest absolute Gasteiger partial charge is 0.352 e. The van der Waals surface area contributed by atoms with Crippen molar-refractivity contribution in [3.05, 3.63) is 22.3 Å². The van der Waals surface area contributed by atoms with Gasteiger partial charge in [-0.15, -0.1) is 23.1 Å². The van der Waals surface area contributed by atoms with Gasteiger partial charge >= 0.3 is 5.97 Å². The number of amides is 2. The van der Waals surface area contributed by atoms with E-state index in [0.29, 0.717) is 17.9 Å². The summed E-state index contributed by atoms with van der Waals surface area (Å²) < 4.78 is 5.63. The van der Waals surface area contributed by atoms with E-state index < -0.39 is 29.2 Å². The number of rotatable bonds is 6. The summed E-state index contributed by atoms with van der Waals surface area (Å²) in [6, 6.07) is -0.888. The average molecular weight is 454 g/mol. The maximum Gasteiger partial charge on any atom is 0.352 e. The molecule has 0 radical (unpaired) electrons. The number of nitrogen functional groups attached to an aromatic ring is 1. The molecular formula is C17H19N5O6S2. The number of oxime groups is 1. The third-order valence-corrected chi connectivity index (χ3v) is 6.94. The molecule has 2 saturated heterocycles. The predicted molar refractivity (Wildman–Crippen MR) is 109 cm³/mol. The minimum absolute atomic E-state index is 0.0424. The number of fused-ring (bicyclic) bond motifs is 1. The number of carbonyl (C=O) groups excluding carboxylic acids is 2.